The van der Waals surface area contributed by atoms with Crippen LogP contribution in [0.1, 0.15) is 12.8 Å². The van der Waals surface area contributed by atoms with Gasteiger partial charge < -0.3 is 10.2 Å². The van der Waals surface area contributed by atoms with E-state index in [1.165, 1.54) is 0 Å². The summed E-state index contributed by atoms with van der Waals surface area (Å²) in [5.74, 6) is 1.43. The number of nitrogens with one attached hydrogen (secondary N) is 1. The summed E-state index contributed by atoms with van der Waals surface area (Å²) in [5, 5.41) is 3.24. The van der Waals surface area contributed by atoms with Crippen LogP contribution < -0.4 is 10.2 Å². The van der Waals surface area contributed by atoms with Crippen molar-refractivity contribution in [3.8, 4) is 0 Å². The van der Waals surface area contributed by atoms with Crippen LogP contribution in [0, 0.1) is 0 Å². The van der Waals surface area contributed by atoms with Crippen molar-refractivity contribution in [1.82, 2.24) is 4.98 Å². The number of aromatic nitrogens is 1. The van der Waals surface area contributed by atoms with Crippen LogP contribution in [0.5, 0.6) is 0 Å². The first-order valence-corrected chi connectivity index (χ1v) is 7.89. The topological polar surface area (TPSA) is 62.3 Å². The third kappa shape index (κ3) is 3.35. The minimum absolute atomic E-state index is 0.00996. The maximum atomic E-state index is 11.5. The quantitative estimate of drug-likeness (QED) is 0.891. The smallest absolute Gasteiger partial charge is 0.152 e. The van der Waals surface area contributed by atoms with Crippen molar-refractivity contribution < 1.29 is 8.42 Å². The van der Waals surface area contributed by atoms with E-state index in [-0.39, 0.29) is 11.8 Å². The molecule has 2 rings (SSSR count). The zero-order valence-corrected chi connectivity index (χ0v) is 11.6. The highest BCUT2D eigenvalue weighted by atomic mass is 32.2. The summed E-state index contributed by atoms with van der Waals surface area (Å²) in [6, 6.07) is 3.86. The number of hydrogen-bond acceptors (Lipinski definition) is 5. The zero-order chi connectivity index (χ0) is 13.2. The molecule has 1 atom stereocenters. The number of sulfone groups is 1. The fourth-order valence-electron chi connectivity index (χ4n) is 2.11. The summed E-state index contributed by atoms with van der Waals surface area (Å²) < 4.78 is 23.1. The van der Waals surface area contributed by atoms with Crippen molar-refractivity contribution in [2.45, 2.75) is 18.9 Å². The molecule has 0 spiro atoms. The number of anilines is 2. The molecule has 1 fully saturated rings. The molecule has 1 aromatic rings. The molecule has 2 heterocycles. The Morgan fingerprint density at radius 2 is 2.17 bits per heavy atom. The van der Waals surface area contributed by atoms with Gasteiger partial charge in [-0.05, 0) is 25.0 Å². The summed E-state index contributed by atoms with van der Waals surface area (Å²) in [6.07, 6.45) is 3.38. The Balaban J connectivity index is 2.01. The van der Waals surface area contributed by atoms with Gasteiger partial charge in [-0.25, -0.2) is 13.4 Å². The van der Waals surface area contributed by atoms with Gasteiger partial charge in [-0.1, -0.05) is 0 Å². The van der Waals surface area contributed by atoms with E-state index in [1.54, 1.807) is 6.20 Å². The van der Waals surface area contributed by atoms with Crippen molar-refractivity contribution in [3.63, 3.8) is 0 Å². The molecule has 0 bridgehead atoms. The van der Waals surface area contributed by atoms with Crippen molar-refractivity contribution in [2.24, 2.45) is 0 Å². The van der Waals surface area contributed by atoms with Gasteiger partial charge in [-0.3, -0.25) is 0 Å². The summed E-state index contributed by atoms with van der Waals surface area (Å²) in [6.45, 7) is 0. The minimum atomic E-state index is -2.86. The average Bonchev–Trinajstić information content (AvgIpc) is 2.28. The molecule has 0 radical (unpaired) electrons. The third-order valence-corrected chi connectivity index (χ3v) is 4.86. The summed E-state index contributed by atoms with van der Waals surface area (Å²) in [5.41, 5.74) is 0.878. The SMILES string of the molecule is CN(C)c1ccc(NC2CCCS(=O)(=O)C2)cn1. The van der Waals surface area contributed by atoms with Crippen molar-refractivity contribution >= 4 is 21.3 Å². The van der Waals surface area contributed by atoms with E-state index in [4.69, 9.17) is 0 Å². The van der Waals surface area contributed by atoms with E-state index in [0.717, 1.165) is 24.3 Å². The first-order chi connectivity index (χ1) is 8.46. The summed E-state index contributed by atoms with van der Waals surface area (Å²) in [7, 11) is 1.00. The highest BCUT2D eigenvalue weighted by molar-refractivity contribution is 7.91. The lowest BCUT2D eigenvalue weighted by atomic mass is 10.2. The van der Waals surface area contributed by atoms with E-state index in [9.17, 15) is 8.42 Å². The van der Waals surface area contributed by atoms with E-state index in [1.807, 2.05) is 31.1 Å². The predicted molar refractivity (Wildman–Crippen MR) is 73.9 cm³/mol. The van der Waals surface area contributed by atoms with Gasteiger partial charge in [-0.15, -0.1) is 0 Å². The fourth-order valence-corrected chi connectivity index (χ4v) is 3.74. The van der Waals surface area contributed by atoms with Crippen molar-refractivity contribution in [3.05, 3.63) is 18.3 Å². The van der Waals surface area contributed by atoms with Gasteiger partial charge in [0, 0.05) is 20.1 Å². The van der Waals surface area contributed by atoms with Crippen molar-refractivity contribution in [2.75, 3.05) is 35.8 Å². The van der Waals surface area contributed by atoms with Crippen molar-refractivity contribution in [1.29, 1.82) is 0 Å². The van der Waals surface area contributed by atoms with E-state index >= 15 is 0 Å². The molecule has 0 aromatic carbocycles. The highest BCUT2D eigenvalue weighted by Gasteiger charge is 2.24. The summed E-state index contributed by atoms with van der Waals surface area (Å²) in [4.78, 5) is 6.22. The molecule has 1 aromatic heterocycles. The summed E-state index contributed by atoms with van der Waals surface area (Å²) >= 11 is 0. The van der Waals surface area contributed by atoms with Gasteiger partial charge in [0.1, 0.15) is 5.82 Å². The molecule has 0 aliphatic carbocycles. The first-order valence-electron chi connectivity index (χ1n) is 6.07. The average molecular weight is 269 g/mol. The molecule has 1 aliphatic heterocycles. The Hall–Kier alpha value is -1.30. The fraction of sp³-hybridized carbons (Fsp3) is 0.583. The van der Waals surface area contributed by atoms with Gasteiger partial charge in [0.25, 0.3) is 0 Å². The van der Waals surface area contributed by atoms with Crippen LogP contribution in [0.15, 0.2) is 18.3 Å². The lowest BCUT2D eigenvalue weighted by Gasteiger charge is -2.24. The van der Waals surface area contributed by atoms with E-state index in [0.29, 0.717) is 5.75 Å². The van der Waals surface area contributed by atoms with Gasteiger partial charge in [0.15, 0.2) is 9.84 Å². The second-order valence-corrected chi connectivity index (χ2v) is 7.13. The lowest BCUT2D eigenvalue weighted by Crippen LogP contribution is -2.34. The van der Waals surface area contributed by atoms with Gasteiger partial charge in [0.05, 0.1) is 23.4 Å². The second-order valence-electron chi connectivity index (χ2n) is 4.90. The molecule has 0 saturated carbocycles. The Morgan fingerprint density at radius 1 is 1.39 bits per heavy atom. The first kappa shape index (κ1) is 13.1. The molecule has 5 nitrogen and oxygen atoms in total. The maximum Gasteiger partial charge on any atom is 0.152 e. The van der Waals surface area contributed by atoms with Gasteiger partial charge in [0.2, 0.25) is 0 Å². The van der Waals surface area contributed by atoms with Crippen LogP contribution in [0.25, 0.3) is 0 Å². The maximum absolute atomic E-state index is 11.5. The largest absolute Gasteiger partial charge is 0.380 e. The third-order valence-electron chi connectivity index (χ3n) is 3.04. The molecule has 1 N–H and O–H groups in total. The molecule has 1 unspecified atom stereocenters. The van der Waals surface area contributed by atoms with Crippen LogP contribution in [-0.4, -0.2) is 45.0 Å². The standard InChI is InChI=1S/C12H19N3O2S/c1-15(2)12-6-5-10(8-13-12)14-11-4-3-7-18(16,17)9-11/h5-6,8,11,14H,3-4,7,9H2,1-2H3. The Morgan fingerprint density at radius 3 is 2.72 bits per heavy atom. The molecule has 18 heavy (non-hydrogen) atoms. The molecule has 1 saturated heterocycles. The molecular weight excluding hydrogens is 250 g/mol. The van der Waals surface area contributed by atoms with Crippen LogP contribution in [0.4, 0.5) is 11.5 Å². The van der Waals surface area contributed by atoms with Crippen LogP contribution >= 0.6 is 0 Å². The minimum Gasteiger partial charge on any atom is -0.380 e. The number of rotatable bonds is 3. The lowest BCUT2D eigenvalue weighted by molar-refractivity contribution is 0.562. The Labute approximate surface area is 108 Å². The van der Waals surface area contributed by atoms with Gasteiger partial charge >= 0.3 is 0 Å². The highest BCUT2D eigenvalue weighted by Crippen LogP contribution is 2.18. The molecule has 1 aliphatic rings. The van der Waals surface area contributed by atoms with Crippen LogP contribution in [0.2, 0.25) is 0 Å². The monoisotopic (exact) mass is 269 g/mol. The van der Waals surface area contributed by atoms with Crippen LogP contribution in [-0.2, 0) is 9.84 Å². The Bertz CT molecular complexity index is 497. The van der Waals surface area contributed by atoms with E-state index in [2.05, 4.69) is 10.3 Å². The second kappa shape index (κ2) is 5.14. The molecule has 0 amide bonds. The Kier molecular flexibility index (Phi) is 3.75. The number of pyridine rings is 1. The number of hydrogen-bond donors (Lipinski definition) is 1. The van der Waals surface area contributed by atoms with Gasteiger partial charge in [-0.2, -0.15) is 0 Å². The van der Waals surface area contributed by atoms with E-state index < -0.39 is 9.84 Å². The molecule has 100 valence electrons. The molecule has 6 heteroatoms. The zero-order valence-electron chi connectivity index (χ0n) is 10.8. The normalized spacial score (nSPS) is 22.4. The van der Waals surface area contributed by atoms with Crippen LogP contribution in [0.3, 0.4) is 0 Å². The number of nitrogens with zero attached hydrogens (tertiary/aromatic N) is 2. The predicted octanol–water partition coefficient (Wildman–Crippen LogP) is 1.14. The molecular formula is C12H19N3O2S.